The highest BCUT2D eigenvalue weighted by atomic mass is 19.4. The largest absolute Gasteiger partial charge is 0.430 e. The number of aryl methyl sites for hydroxylation is 1. The molecule has 0 radical (unpaired) electrons. The Hall–Kier alpha value is -2.55. The molecule has 2 rings (SSSR count). The van der Waals surface area contributed by atoms with E-state index in [0.717, 1.165) is 24.0 Å². The summed E-state index contributed by atoms with van der Waals surface area (Å²) in [5, 5.41) is 9.52. The van der Waals surface area contributed by atoms with Crippen molar-refractivity contribution in [3.8, 4) is 0 Å². The summed E-state index contributed by atoms with van der Waals surface area (Å²) in [7, 11) is 1.34. The predicted molar refractivity (Wildman–Crippen MR) is 86.4 cm³/mol. The molecule has 9 heteroatoms. The van der Waals surface area contributed by atoms with Gasteiger partial charge in [0.15, 0.2) is 0 Å². The molecule has 0 saturated heterocycles. The lowest BCUT2D eigenvalue weighted by molar-refractivity contribution is -0.376. The van der Waals surface area contributed by atoms with Crippen LogP contribution in [0.1, 0.15) is 21.5 Å². The Morgan fingerprint density at radius 2 is 1.44 bits per heavy atom. The zero-order valence-electron chi connectivity index (χ0n) is 14.2. The fourth-order valence-electron chi connectivity index (χ4n) is 2.62. The molecule has 0 aromatic heterocycles. The molecule has 27 heavy (non-hydrogen) atoms. The van der Waals surface area contributed by atoms with Gasteiger partial charge in [0.05, 0.1) is 0 Å². The van der Waals surface area contributed by atoms with Crippen molar-refractivity contribution in [1.29, 1.82) is 0 Å². The van der Waals surface area contributed by atoms with Crippen LogP contribution in [0.4, 0.5) is 32.0 Å². The molecule has 1 N–H and O–H groups in total. The van der Waals surface area contributed by atoms with E-state index in [0.29, 0.717) is 11.6 Å². The van der Waals surface area contributed by atoms with E-state index >= 15 is 0 Å². The van der Waals surface area contributed by atoms with E-state index in [9.17, 15) is 36.2 Å². The first-order valence-corrected chi connectivity index (χ1v) is 7.60. The first-order chi connectivity index (χ1) is 12.3. The van der Waals surface area contributed by atoms with Gasteiger partial charge in [-0.1, -0.05) is 24.3 Å². The number of halogens is 6. The lowest BCUT2D eigenvalue weighted by atomic mass is 9.88. The molecule has 2 aromatic carbocycles. The second kappa shape index (κ2) is 6.88. The van der Waals surface area contributed by atoms with Gasteiger partial charge in [0, 0.05) is 23.9 Å². The van der Waals surface area contributed by atoms with Gasteiger partial charge in [-0.15, -0.1) is 0 Å². The molecule has 1 amide bonds. The minimum Gasteiger partial charge on any atom is -0.369 e. The predicted octanol–water partition coefficient (Wildman–Crippen LogP) is 4.58. The monoisotopic (exact) mass is 391 g/mol. The Balaban J connectivity index is 2.47. The number of aliphatic hydroxyl groups is 1. The summed E-state index contributed by atoms with van der Waals surface area (Å²) in [6.45, 7) is 1.00. The van der Waals surface area contributed by atoms with Gasteiger partial charge in [0.25, 0.3) is 11.5 Å². The van der Waals surface area contributed by atoms with Crippen LogP contribution in [0.15, 0.2) is 48.5 Å². The highest BCUT2D eigenvalue weighted by molar-refractivity contribution is 6.05. The molecule has 0 atom stereocenters. The van der Waals surface area contributed by atoms with Crippen LogP contribution in [0.25, 0.3) is 0 Å². The summed E-state index contributed by atoms with van der Waals surface area (Å²) in [6, 6.07) is 10.4. The zero-order valence-corrected chi connectivity index (χ0v) is 14.2. The first kappa shape index (κ1) is 20.8. The van der Waals surface area contributed by atoms with Crippen LogP contribution < -0.4 is 4.90 Å². The van der Waals surface area contributed by atoms with Crippen LogP contribution in [0.2, 0.25) is 0 Å². The van der Waals surface area contributed by atoms with Crippen molar-refractivity contribution in [1.82, 2.24) is 0 Å². The molecule has 0 aliphatic heterocycles. The van der Waals surface area contributed by atoms with Gasteiger partial charge in [-0.3, -0.25) is 4.79 Å². The van der Waals surface area contributed by atoms with Crippen molar-refractivity contribution in [2.75, 3.05) is 11.9 Å². The van der Waals surface area contributed by atoms with Gasteiger partial charge >= 0.3 is 12.4 Å². The van der Waals surface area contributed by atoms with Gasteiger partial charge in [-0.25, -0.2) is 0 Å². The van der Waals surface area contributed by atoms with Gasteiger partial charge in [-0.05, 0) is 36.8 Å². The molecule has 0 heterocycles. The highest BCUT2D eigenvalue weighted by Gasteiger charge is 2.71. The molecule has 0 aliphatic rings. The van der Waals surface area contributed by atoms with Crippen molar-refractivity contribution < 1.29 is 36.2 Å². The molecule has 0 bridgehead atoms. The summed E-state index contributed by atoms with van der Waals surface area (Å²) in [5.41, 5.74) is -6.44. The van der Waals surface area contributed by atoms with E-state index in [4.69, 9.17) is 0 Å². The first-order valence-electron chi connectivity index (χ1n) is 7.60. The zero-order chi connectivity index (χ0) is 20.6. The molecule has 0 unspecified atom stereocenters. The standard InChI is InChI=1S/C18H15F6NO2/c1-11-10-13(25(2)15(26)12-6-4-3-5-7-12)8-9-14(11)16(27,17(19,20)21)18(22,23)24/h3-10,27H,1-2H3. The fourth-order valence-corrected chi connectivity index (χ4v) is 2.62. The Morgan fingerprint density at radius 1 is 0.926 bits per heavy atom. The minimum atomic E-state index is -5.97. The van der Waals surface area contributed by atoms with E-state index in [1.165, 1.54) is 19.2 Å². The minimum absolute atomic E-state index is 0.0804. The number of nitrogens with zero attached hydrogens (tertiary/aromatic N) is 1. The number of rotatable bonds is 3. The maximum atomic E-state index is 13.0. The van der Waals surface area contributed by atoms with E-state index < -0.39 is 35.0 Å². The summed E-state index contributed by atoms with van der Waals surface area (Å²) in [6.07, 6.45) is -11.9. The average molecular weight is 391 g/mol. The third-order valence-corrected chi connectivity index (χ3v) is 4.13. The topological polar surface area (TPSA) is 40.5 Å². The Labute approximate surface area is 150 Å². The van der Waals surface area contributed by atoms with E-state index in [1.54, 1.807) is 18.2 Å². The van der Waals surface area contributed by atoms with Gasteiger partial charge in [0.2, 0.25) is 0 Å². The molecule has 2 aromatic rings. The summed E-state index contributed by atoms with van der Waals surface area (Å²) < 4.78 is 78.2. The van der Waals surface area contributed by atoms with Gasteiger partial charge < -0.3 is 10.0 Å². The quantitative estimate of drug-likeness (QED) is 0.778. The molecule has 0 fully saturated rings. The van der Waals surface area contributed by atoms with Crippen molar-refractivity contribution >= 4 is 11.6 Å². The normalized spacial score (nSPS) is 12.8. The van der Waals surface area contributed by atoms with E-state index in [-0.39, 0.29) is 5.69 Å². The number of hydrogen-bond donors (Lipinski definition) is 1. The second-order valence-electron chi connectivity index (χ2n) is 5.94. The third-order valence-electron chi connectivity index (χ3n) is 4.13. The number of carbonyl (C=O) groups is 1. The fraction of sp³-hybridized carbons (Fsp3) is 0.278. The van der Waals surface area contributed by atoms with Crippen LogP contribution in [0, 0.1) is 6.92 Å². The van der Waals surface area contributed by atoms with Crippen LogP contribution in [-0.4, -0.2) is 30.4 Å². The molecular weight excluding hydrogens is 376 g/mol. The van der Waals surface area contributed by atoms with E-state index in [2.05, 4.69) is 0 Å². The Kier molecular flexibility index (Phi) is 5.29. The summed E-state index contributed by atoms with van der Waals surface area (Å²) in [4.78, 5) is 13.5. The lowest BCUT2D eigenvalue weighted by Gasteiger charge is -2.34. The van der Waals surface area contributed by atoms with Crippen LogP contribution in [0.3, 0.4) is 0 Å². The Bertz CT molecular complexity index is 816. The third kappa shape index (κ3) is 3.64. The molecule has 0 saturated carbocycles. The number of anilines is 1. The average Bonchev–Trinajstić information content (AvgIpc) is 2.58. The van der Waals surface area contributed by atoms with Crippen LogP contribution >= 0.6 is 0 Å². The highest BCUT2D eigenvalue weighted by Crippen LogP contribution is 2.51. The number of benzene rings is 2. The SMILES string of the molecule is Cc1cc(N(C)C(=O)c2ccccc2)ccc1C(O)(C(F)(F)F)C(F)(F)F. The van der Waals surface area contributed by atoms with Crippen molar-refractivity contribution in [2.24, 2.45) is 0 Å². The molecule has 0 spiro atoms. The van der Waals surface area contributed by atoms with Crippen LogP contribution in [0.5, 0.6) is 0 Å². The van der Waals surface area contributed by atoms with Gasteiger partial charge in [0.1, 0.15) is 0 Å². The second-order valence-corrected chi connectivity index (χ2v) is 5.94. The van der Waals surface area contributed by atoms with Crippen LogP contribution in [-0.2, 0) is 5.60 Å². The number of carbonyl (C=O) groups excluding carboxylic acids is 1. The van der Waals surface area contributed by atoms with E-state index in [1.807, 2.05) is 0 Å². The molecule has 146 valence electrons. The number of hydrogen-bond acceptors (Lipinski definition) is 2. The van der Waals surface area contributed by atoms with Crippen molar-refractivity contribution in [3.05, 3.63) is 65.2 Å². The maximum Gasteiger partial charge on any atom is 0.430 e. The van der Waals surface area contributed by atoms with Gasteiger partial charge in [-0.2, -0.15) is 26.3 Å². The summed E-state index contributed by atoms with van der Waals surface area (Å²) >= 11 is 0. The number of alkyl halides is 6. The summed E-state index contributed by atoms with van der Waals surface area (Å²) in [5.74, 6) is -0.496. The number of amides is 1. The maximum absolute atomic E-state index is 13.0. The lowest BCUT2D eigenvalue weighted by Crippen LogP contribution is -2.54. The van der Waals surface area contributed by atoms with Crippen molar-refractivity contribution in [3.63, 3.8) is 0 Å². The molecule has 0 aliphatic carbocycles. The van der Waals surface area contributed by atoms with Crippen molar-refractivity contribution in [2.45, 2.75) is 24.9 Å². The molecular formula is C18H15F6NO2. The smallest absolute Gasteiger partial charge is 0.369 e. The molecule has 3 nitrogen and oxygen atoms in total. The Morgan fingerprint density at radius 3 is 1.89 bits per heavy atom.